The van der Waals surface area contributed by atoms with Gasteiger partial charge in [-0.15, -0.1) is 0 Å². The van der Waals surface area contributed by atoms with Crippen LogP contribution in [0, 0.1) is 6.92 Å². The van der Waals surface area contributed by atoms with Crippen LogP contribution in [-0.2, 0) is 20.1 Å². The van der Waals surface area contributed by atoms with E-state index >= 15 is 0 Å². The van der Waals surface area contributed by atoms with Gasteiger partial charge in [-0.3, -0.25) is 9.67 Å². The molecule has 0 saturated heterocycles. The Hall–Kier alpha value is -1.68. The van der Waals surface area contributed by atoms with Crippen molar-refractivity contribution in [2.45, 2.75) is 20.0 Å². The summed E-state index contributed by atoms with van der Waals surface area (Å²) < 4.78 is 1.87. The van der Waals surface area contributed by atoms with Crippen molar-refractivity contribution in [3.05, 3.63) is 47.5 Å². The zero-order chi connectivity index (χ0) is 11.4. The molecule has 0 bridgehead atoms. The summed E-state index contributed by atoms with van der Waals surface area (Å²) in [6.07, 6.45) is 3.70. The van der Waals surface area contributed by atoms with Crippen LogP contribution in [0.25, 0.3) is 0 Å². The molecule has 0 aliphatic heterocycles. The normalized spacial score (nSPS) is 10.6. The Morgan fingerprint density at radius 3 is 2.75 bits per heavy atom. The molecule has 0 radical (unpaired) electrons. The SMILES string of the molecule is Cc1ccc(CNCc2ccnn2C)nc1. The molecular formula is C12H16N4. The van der Waals surface area contributed by atoms with E-state index < -0.39 is 0 Å². The van der Waals surface area contributed by atoms with Crippen molar-refractivity contribution in [1.29, 1.82) is 0 Å². The van der Waals surface area contributed by atoms with E-state index in [2.05, 4.69) is 21.5 Å². The Morgan fingerprint density at radius 1 is 1.25 bits per heavy atom. The van der Waals surface area contributed by atoms with E-state index in [0.717, 1.165) is 18.8 Å². The van der Waals surface area contributed by atoms with E-state index in [0.29, 0.717) is 0 Å². The first-order chi connectivity index (χ1) is 7.75. The van der Waals surface area contributed by atoms with Gasteiger partial charge in [0.25, 0.3) is 0 Å². The fourth-order valence-corrected chi connectivity index (χ4v) is 1.50. The predicted molar refractivity (Wildman–Crippen MR) is 62.7 cm³/mol. The summed E-state index contributed by atoms with van der Waals surface area (Å²) in [7, 11) is 1.95. The van der Waals surface area contributed by atoms with Crippen LogP contribution in [0.5, 0.6) is 0 Å². The molecule has 0 unspecified atom stereocenters. The molecule has 4 nitrogen and oxygen atoms in total. The van der Waals surface area contributed by atoms with Crippen molar-refractivity contribution in [1.82, 2.24) is 20.1 Å². The second-order valence-corrected chi connectivity index (χ2v) is 3.88. The molecule has 0 aromatic carbocycles. The highest BCUT2D eigenvalue weighted by Gasteiger charge is 1.98. The molecule has 2 aromatic rings. The Bertz CT molecular complexity index is 444. The summed E-state index contributed by atoms with van der Waals surface area (Å²) in [5.41, 5.74) is 3.43. The molecule has 4 heteroatoms. The van der Waals surface area contributed by atoms with E-state index in [1.807, 2.05) is 37.0 Å². The van der Waals surface area contributed by atoms with Gasteiger partial charge in [-0.2, -0.15) is 5.10 Å². The van der Waals surface area contributed by atoms with Gasteiger partial charge in [-0.25, -0.2) is 0 Å². The van der Waals surface area contributed by atoms with E-state index in [4.69, 9.17) is 0 Å². The third-order valence-electron chi connectivity index (χ3n) is 2.51. The van der Waals surface area contributed by atoms with Gasteiger partial charge >= 0.3 is 0 Å². The van der Waals surface area contributed by atoms with Crippen LogP contribution in [0.15, 0.2) is 30.6 Å². The highest BCUT2D eigenvalue weighted by atomic mass is 15.3. The van der Waals surface area contributed by atoms with Gasteiger partial charge in [0, 0.05) is 32.5 Å². The first-order valence-corrected chi connectivity index (χ1v) is 5.35. The zero-order valence-corrected chi connectivity index (χ0v) is 9.64. The van der Waals surface area contributed by atoms with Crippen LogP contribution in [0.2, 0.25) is 0 Å². The van der Waals surface area contributed by atoms with Gasteiger partial charge in [0.05, 0.1) is 11.4 Å². The van der Waals surface area contributed by atoms with Crippen molar-refractivity contribution in [3.8, 4) is 0 Å². The Balaban J connectivity index is 1.84. The molecule has 84 valence electrons. The lowest BCUT2D eigenvalue weighted by Gasteiger charge is -2.04. The van der Waals surface area contributed by atoms with Gasteiger partial charge in [-0.05, 0) is 24.6 Å². The molecule has 2 aromatic heterocycles. The molecule has 0 fully saturated rings. The number of aryl methyl sites for hydroxylation is 2. The Morgan fingerprint density at radius 2 is 2.12 bits per heavy atom. The average molecular weight is 216 g/mol. The highest BCUT2D eigenvalue weighted by Crippen LogP contribution is 1.99. The van der Waals surface area contributed by atoms with Crippen LogP contribution in [0.4, 0.5) is 0 Å². The van der Waals surface area contributed by atoms with Gasteiger partial charge in [0.1, 0.15) is 0 Å². The van der Waals surface area contributed by atoms with Crippen LogP contribution < -0.4 is 5.32 Å². The van der Waals surface area contributed by atoms with E-state index in [1.165, 1.54) is 11.3 Å². The lowest BCUT2D eigenvalue weighted by atomic mass is 10.3. The third kappa shape index (κ3) is 2.67. The Kier molecular flexibility index (Phi) is 3.31. The quantitative estimate of drug-likeness (QED) is 0.840. The van der Waals surface area contributed by atoms with Gasteiger partial charge in [-0.1, -0.05) is 6.07 Å². The summed E-state index contributed by atoms with van der Waals surface area (Å²) in [6.45, 7) is 3.64. The van der Waals surface area contributed by atoms with Crippen molar-refractivity contribution in [3.63, 3.8) is 0 Å². The number of rotatable bonds is 4. The maximum atomic E-state index is 4.33. The lowest BCUT2D eigenvalue weighted by Crippen LogP contribution is -2.15. The first kappa shape index (κ1) is 10.8. The summed E-state index contributed by atoms with van der Waals surface area (Å²) in [5, 5.41) is 7.46. The summed E-state index contributed by atoms with van der Waals surface area (Å²) in [5.74, 6) is 0. The fourth-order valence-electron chi connectivity index (χ4n) is 1.50. The predicted octanol–water partition coefficient (Wildman–Crippen LogP) is 1.41. The van der Waals surface area contributed by atoms with Crippen LogP contribution in [-0.4, -0.2) is 14.8 Å². The number of nitrogens with one attached hydrogen (secondary N) is 1. The number of hydrogen-bond acceptors (Lipinski definition) is 3. The second kappa shape index (κ2) is 4.90. The molecule has 16 heavy (non-hydrogen) atoms. The van der Waals surface area contributed by atoms with E-state index in [-0.39, 0.29) is 0 Å². The molecule has 2 rings (SSSR count). The van der Waals surface area contributed by atoms with Gasteiger partial charge in [0.2, 0.25) is 0 Å². The third-order valence-corrected chi connectivity index (χ3v) is 2.51. The zero-order valence-electron chi connectivity index (χ0n) is 9.64. The minimum Gasteiger partial charge on any atom is -0.306 e. The van der Waals surface area contributed by atoms with E-state index in [9.17, 15) is 0 Å². The minimum atomic E-state index is 0.783. The van der Waals surface area contributed by atoms with Crippen molar-refractivity contribution < 1.29 is 0 Å². The molecule has 0 saturated carbocycles. The molecule has 2 heterocycles. The molecule has 0 aliphatic carbocycles. The van der Waals surface area contributed by atoms with Crippen molar-refractivity contribution >= 4 is 0 Å². The number of aromatic nitrogens is 3. The van der Waals surface area contributed by atoms with Crippen molar-refractivity contribution in [2.24, 2.45) is 7.05 Å². The Labute approximate surface area is 95.3 Å². The summed E-state index contributed by atoms with van der Waals surface area (Å²) in [6, 6.07) is 6.13. The topological polar surface area (TPSA) is 42.7 Å². The number of pyridine rings is 1. The summed E-state index contributed by atoms with van der Waals surface area (Å²) >= 11 is 0. The lowest BCUT2D eigenvalue weighted by molar-refractivity contribution is 0.620. The number of hydrogen-bond donors (Lipinski definition) is 1. The van der Waals surface area contributed by atoms with Crippen LogP contribution >= 0.6 is 0 Å². The fraction of sp³-hybridized carbons (Fsp3) is 0.333. The second-order valence-electron chi connectivity index (χ2n) is 3.88. The standard InChI is InChI=1S/C12H16N4/c1-10-3-4-11(14-7-10)8-13-9-12-5-6-15-16(12)2/h3-7,13H,8-9H2,1-2H3. The molecular weight excluding hydrogens is 200 g/mol. The number of nitrogens with zero attached hydrogens (tertiary/aromatic N) is 3. The smallest absolute Gasteiger partial charge is 0.0541 e. The minimum absolute atomic E-state index is 0.783. The first-order valence-electron chi connectivity index (χ1n) is 5.35. The van der Waals surface area contributed by atoms with E-state index in [1.54, 1.807) is 6.20 Å². The molecule has 0 spiro atoms. The molecule has 1 N–H and O–H groups in total. The van der Waals surface area contributed by atoms with Crippen molar-refractivity contribution in [2.75, 3.05) is 0 Å². The maximum Gasteiger partial charge on any atom is 0.0541 e. The molecule has 0 amide bonds. The molecule has 0 aliphatic rings. The van der Waals surface area contributed by atoms with Crippen LogP contribution in [0.3, 0.4) is 0 Å². The average Bonchev–Trinajstić information content (AvgIpc) is 2.68. The maximum absolute atomic E-state index is 4.33. The van der Waals surface area contributed by atoms with Gasteiger partial charge < -0.3 is 5.32 Å². The largest absolute Gasteiger partial charge is 0.306 e. The summed E-state index contributed by atoms with van der Waals surface area (Å²) in [4.78, 5) is 4.33. The van der Waals surface area contributed by atoms with Gasteiger partial charge in [0.15, 0.2) is 0 Å². The highest BCUT2D eigenvalue weighted by molar-refractivity contribution is 5.12. The van der Waals surface area contributed by atoms with Crippen LogP contribution in [0.1, 0.15) is 17.0 Å². The molecule has 0 atom stereocenters. The monoisotopic (exact) mass is 216 g/mol.